The van der Waals surface area contributed by atoms with Gasteiger partial charge >= 0.3 is 0 Å². The number of fused-ring (bicyclic) bond motifs is 2. The number of aromatic nitrogens is 2. The molecule has 0 bridgehead atoms. The van der Waals surface area contributed by atoms with E-state index in [4.69, 9.17) is 0 Å². The van der Waals surface area contributed by atoms with Gasteiger partial charge in [-0.2, -0.15) is 0 Å². The molecule has 0 saturated carbocycles. The van der Waals surface area contributed by atoms with Crippen LogP contribution in [0.15, 0.2) is 29.1 Å². The van der Waals surface area contributed by atoms with Crippen molar-refractivity contribution in [3.05, 3.63) is 40.4 Å². The highest BCUT2D eigenvalue weighted by Gasteiger charge is 2.40. The largest absolute Gasteiger partial charge is 0.354 e. The summed E-state index contributed by atoms with van der Waals surface area (Å²) in [6.07, 6.45) is 1.97. The van der Waals surface area contributed by atoms with E-state index >= 15 is 0 Å². The summed E-state index contributed by atoms with van der Waals surface area (Å²) in [6, 6.07) is 7.66. The first-order chi connectivity index (χ1) is 11.1. The van der Waals surface area contributed by atoms with E-state index in [9.17, 15) is 9.59 Å². The van der Waals surface area contributed by atoms with Crippen molar-refractivity contribution in [2.75, 3.05) is 13.1 Å². The number of nitrogens with one attached hydrogen (secondary N) is 1. The normalized spacial score (nSPS) is 24.7. The second-order valence-corrected chi connectivity index (χ2v) is 6.44. The second-order valence-electron chi connectivity index (χ2n) is 6.44. The van der Waals surface area contributed by atoms with Gasteiger partial charge in [-0.25, -0.2) is 4.98 Å². The van der Waals surface area contributed by atoms with Crippen LogP contribution in [-0.4, -0.2) is 39.5 Å². The van der Waals surface area contributed by atoms with Crippen molar-refractivity contribution in [2.45, 2.75) is 25.4 Å². The minimum atomic E-state index is -0.0141. The summed E-state index contributed by atoms with van der Waals surface area (Å²) in [5, 5.41) is 3.61. The topological polar surface area (TPSA) is 67.2 Å². The lowest BCUT2D eigenvalue weighted by Crippen LogP contribution is -2.45. The average molecular weight is 312 g/mol. The first-order valence-corrected chi connectivity index (χ1v) is 8.11. The van der Waals surface area contributed by atoms with Gasteiger partial charge in [0.2, 0.25) is 5.91 Å². The number of likely N-dealkylation sites (tertiary alicyclic amines) is 1. The van der Waals surface area contributed by atoms with E-state index in [2.05, 4.69) is 15.2 Å². The van der Waals surface area contributed by atoms with Crippen molar-refractivity contribution in [3.8, 4) is 0 Å². The molecule has 2 aromatic rings. The van der Waals surface area contributed by atoms with E-state index in [1.54, 1.807) is 11.6 Å². The molecule has 1 amide bonds. The molecule has 1 aromatic carbocycles. The van der Waals surface area contributed by atoms with Gasteiger partial charge in [0.1, 0.15) is 5.82 Å². The molecule has 0 aliphatic carbocycles. The summed E-state index contributed by atoms with van der Waals surface area (Å²) in [6.45, 7) is 2.25. The highest BCUT2D eigenvalue weighted by molar-refractivity contribution is 5.82. The van der Waals surface area contributed by atoms with E-state index in [0.717, 1.165) is 30.7 Å². The molecule has 2 aliphatic heterocycles. The Labute approximate surface area is 134 Å². The fourth-order valence-electron chi connectivity index (χ4n) is 3.82. The quantitative estimate of drug-likeness (QED) is 0.884. The van der Waals surface area contributed by atoms with Crippen molar-refractivity contribution >= 4 is 16.8 Å². The first kappa shape index (κ1) is 14.4. The highest BCUT2D eigenvalue weighted by atomic mass is 16.2. The lowest BCUT2D eigenvalue weighted by atomic mass is 9.91. The highest BCUT2D eigenvalue weighted by Crippen LogP contribution is 2.28. The zero-order valence-electron chi connectivity index (χ0n) is 13.2. The van der Waals surface area contributed by atoms with Crippen LogP contribution in [0.4, 0.5) is 0 Å². The van der Waals surface area contributed by atoms with Gasteiger partial charge in [0.15, 0.2) is 0 Å². The van der Waals surface area contributed by atoms with Gasteiger partial charge in [-0.1, -0.05) is 12.1 Å². The van der Waals surface area contributed by atoms with Crippen molar-refractivity contribution in [2.24, 2.45) is 13.0 Å². The molecule has 3 heterocycles. The number of benzene rings is 1. The predicted octanol–water partition coefficient (Wildman–Crippen LogP) is 0.644. The molecule has 6 heteroatoms. The minimum Gasteiger partial charge on any atom is -0.354 e. The Hall–Kier alpha value is -2.21. The third-order valence-corrected chi connectivity index (χ3v) is 5.14. The Morgan fingerprint density at radius 2 is 2.13 bits per heavy atom. The first-order valence-electron chi connectivity index (χ1n) is 8.11. The van der Waals surface area contributed by atoms with E-state index in [-0.39, 0.29) is 23.4 Å². The second kappa shape index (κ2) is 5.45. The maximum atomic E-state index is 12.5. The third kappa shape index (κ3) is 2.34. The third-order valence-electron chi connectivity index (χ3n) is 5.14. The fourth-order valence-corrected chi connectivity index (χ4v) is 3.82. The molecule has 1 aromatic heterocycles. The van der Waals surface area contributed by atoms with Gasteiger partial charge in [-0.05, 0) is 31.5 Å². The SMILES string of the molecule is Cn1c(CN2CCC[C@H]3C(=O)NC[C@H]32)nc2ccccc2c1=O. The van der Waals surface area contributed by atoms with E-state index in [0.29, 0.717) is 18.5 Å². The summed E-state index contributed by atoms with van der Waals surface area (Å²) in [5.41, 5.74) is 0.722. The van der Waals surface area contributed by atoms with Crippen LogP contribution >= 0.6 is 0 Å². The zero-order chi connectivity index (χ0) is 16.0. The Morgan fingerprint density at radius 3 is 3.00 bits per heavy atom. The standard InChI is InChI=1S/C17H20N4O2/c1-20-15(19-13-7-3-2-5-11(13)17(20)23)10-21-8-4-6-12-14(21)9-18-16(12)22/h2-3,5,7,12,14H,4,6,8-10H2,1H3,(H,18,22)/t12-,14-/m1/s1. The molecule has 2 fully saturated rings. The maximum absolute atomic E-state index is 12.5. The van der Waals surface area contributed by atoms with E-state index in [1.807, 2.05) is 24.3 Å². The van der Waals surface area contributed by atoms with Crippen LogP contribution in [0.1, 0.15) is 18.7 Å². The molecule has 0 unspecified atom stereocenters. The number of carbonyl (C=O) groups excluding carboxylic acids is 1. The fraction of sp³-hybridized carbons (Fsp3) is 0.471. The van der Waals surface area contributed by atoms with Crippen molar-refractivity contribution in [1.82, 2.24) is 19.8 Å². The van der Waals surface area contributed by atoms with Gasteiger partial charge in [0, 0.05) is 19.6 Å². The number of carbonyl (C=O) groups is 1. The van der Waals surface area contributed by atoms with Crippen LogP contribution in [0.25, 0.3) is 10.9 Å². The van der Waals surface area contributed by atoms with Crippen LogP contribution in [0, 0.1) is 5.92 Å². The number of hydrogen-bond donors (Lipinski definition) is 1. The molecule has 2 atom stereocenters. The van der Waals surface area contributed by atoms with Gasteiger partial charge < -0.3 is 5.32 Å². The monoisotopic (exact) mass is 312 g/mol. The minimum absolute atomic E-state index is 0.0141. The molecule has 23 heavy (non-hydrogen) atoms. The Bertz CT molecular complexity index is 829. The van der Waals surface area contributed by atoms with Gasteiger partial charge in [-0.15, -0.1) is 0 Å². The molecule has 6 nitrogen and oxygen atoms in total. The van der Waals surface area contributed by atoms with Crippen LogP contribution < -0.4 is 10.9 Å². The summed E-state index contributed by atoms with van der Waals surface area (Å²) in [4.78, 5) is 31.4. The number of rotatable bonds is 2. The Kier molecular flexibility index (Phi) is 3.41. The van der Waals surface area contributed by atoms with Gasteiger partial charge in [0.05, 0.1) is 23.4 Å². The molecular weight excluding hydrogens is 292 g/mol. The molecule has 0 radical (unpaired) electrons. The molecule has 120 valence electrons. The average Bonchev–Trinajstić information content (AvgIpc) is 2.95. The number of para-hydroxylation sites is 1. The zero-order valence-corrected chi connectivity index (χ0v) is 13.2. The smallest absolute Gasteiger partial charge is 0.261 e. The van der Waals surface area contributed by atoms with E-state index in [1.165, 1.54) is 0 Å². The van der Waals surface area contributed by atoms with Gasteiger partial charge in [-0.3, -0.25) is 19.1 Å². The summed E-state index contributed by atoms with van der Waals surface area (Å²) >= 11 is 0. The number of hydrogen-bond acceptors (Lipinski definition) is 4. The summed E-state index contributed by atoms with van der Waals surface area (Å²) in [7, 11) is 1.77. The molecule has 2 aliphatic rings. The Morgan fingerprint density at radius 1 is 1.30 bits per heavy atom. The molecule has 4 rings (SSSR count). The molecular formula is C17H20N4O2. The number of nitrogens with zero attached hydrogens (tertiary/aromatic N) is 3. The van der Waals surface area contributed by atoms with Crippen molar-refractivity contribution in [1.29, 1.82) is 0 Å². The van der Waals surface area contributed by atoms with Crippen molar-refractivity contribution < 1.29 is 4.79 Å². The number of piperidine rings is 1. The van der Waals surface area contributed by atoms with E-state index < -0.39 is 0 Å². The molecule has 0 spiro atoms. The molecule has 1 N–H and O–H groups in total. The van der Waals surface area contributed by atoms with Crippen molar-refractivity contribution in [3.63, 3.8) is 0 Å². The summed E-state index contributed by atoms with van der Waals surface area (Å²) in [5.74, 6) is 1.01. The van der Waals surface area contributed by atoms with Crippen LogP contribution in [0.2, 0.25) is 0 Å². The van der Waals surface area contributed by atoms with Crippen LogP contribution in [0.3, 0.4) is 0 Å². The van der Waals surface area contributed by atoms with Gasteiger partial charge in [0.25, 0.3) is 5.56 Å². The molecule has 2 saturated heterocycles. The summed E-state index contributed by atoms with van der Waals surface area (Å²) < 4.78 is 1.64. The lowest BCUT2D eigenvalue weighted by molar-refractivity contribution is -0.124. The number of amides is 1. The lowest BCUT2D eigenvalue weighted by Gasteiger charge is -2.35. The van der Waals surface area contributed by atoms with Crippen LogP contribution in [-0.2, 0) is 18.4 Å². The van der Waals surface area contributed by atoms with Crippen LogP contribution in [0.5, 0.6) is 0 Å². The maximum Gasteiger partial charge on any atom is 0.261 e. The Balaban J connectivity index is 1.69. The predicted molar refractivity (Wildman–Crippen MR) is 86.9 cm³/mol.